The summed E-state index contributed by atoms with van der Waals surface area (Å²) in [5, 5.41) is 20.0. The Labute approximate surface area is 291 Å². The predicted molar refractivity (Wildman–Crippen MR) is 198 cm³/mol. The van der Waals surface area contributed by atoms with E-state index in [0.717, 1.165) is 44.9 Å². The molecule has 0 bridgehead atoms. The van der Waals surface area contributed by atoms with Crippen molar-refractivity contribution >= 4 is 0 Å². The number of phenols is 2. The van der Waals surface area contributed by atoms with Crippen LogP contribution in [0, 0.1) is 0 Å². The number of hydrogen-bond donors (Lipinski definition) is 2. The zero-order valence-electron chi connectivity index (χ0n) is 28.0. The van der Waals surface area contributed by atoms with Gasteiger partial charge in [-0.05, 0) is 71.8 Å². The number of rotatable bonds is 9. The van der Waals surface area contributed by atoms with Crippen molar-refractivity contribution in [2.24, 2.45) is 0 Å². The standard InChI is InChI=1S/C30H25NO4.C13H12O2/c1-33-28-11-5-3-9-23(28)21-13-15-22(16-14-21)35-30-20-27(32)26(31-17-7-8-18-31)19-25(30)24-10-4-6-12-29(24)34-2;1-15-13-5-3-2-4-12(13)10-6-8-11(14)9-7-10/h3-20,32H,1-2H3;2-9,14H,1H3. The largest absolute Gasteiger partial charge is 0.508 e. The summed E-state index contributed by atoms with van der Waals surface area (Å²) in [6.45, 7) is 0. The molecule has 0 saturated heterocycles. The first-order chi connectivity index (χ1) is 24.5. The summed E-state index contributed by atoms with van der Waals surface area (Å²) in [6.07, 6.45) is 3.77. The van der Waals surface area contributed by atoms with Crippen molar-refractivity contribution < 1.29 is 29.2 Å². The van der Waals surface area contributed by atoms with Gasteiger partial charge in [0.05, 0.1) is 27.0 Å². The van der Waals surface area contributed by atoms with Gasteiger partial charge < -0.3 is 33.7 Å². The molecule has 7 rings (SSSR count). The van der Waals surface area contributed by atoms with E-state index in [9.17, 15) is 10.2 Å². The first-order valence-corrected chi connectivity index (χ1v) is 16.0. The third kappa shape index (κ3) is 7.42. The van der Waals surface area contributed by atoms with Crippen LogP contribution in [0.5, 0.6) is 40.2 Å². The third-order valence-corrected chi connectivity index (χ3v) is 8.14. The zero-order valence-corrected chi connectivity index (χ0v) is 28.0. The van der Waals surface area contributed by atoms with Crippen LogP contribution in [-0.2, 0) is 0 Å². The normalized spacial score (nSPS) is 10.5. The maximum absolute atomic E-state index is 10.8. The second-order valence-corrected chi connectivity index (χ2v) is 11.2. The van der Waals surface area contributed by atoms with E-state index in [1.807, 2.05) is 144 Å². The van der Waals surface area contributed by atoms with E-state index in [2.05, 4.69) is 0 Å². The summed E-state index contributed by atoms with van der Waals surface area (Å²) >= 11 is 0. The van der Waals surface area contributed by atoms with Gasteiger partial charge in [-0.1, -0.05) is 78.9 Å². The van der Waals surface area contributed by atoms with Gasteiger partial charge in [0.25, 0.3) is 0 Å². The summed E-state index contributed by atoms with van der Waals surface area (Å²) in [6, 6.07) is 45.7. The van der Waals surface area contributed by atoms with Crippen LogP contribution in [0.15, 0.2) is 158 Å². The summed E-state index contributed by atoms with van der Waals surface area (Å²) < 4.78 is 24.5. The number of aromatic nitrogens is 1. The van der Waals surface area contributed by atoms with E-state index < -0.39 is 0 Å². The Hall–Kier alpha value is -6.60. The minimum atomic E-state index is 0.112. The van der Waals surface area contributed by atoms with Crippen molar-refractivity contribution in [1.82, 2.24) is 4.57 Å². The van der Waals surface area contributed by atoms with Crippen molar-refractivity contribution in [3.05, 3.63) is 158 Å². The highest BCUT2D eigenvalue weighted by molar-refractivity contribution is 5.80. The monoisotopic (exact) mass is 663 g/mol. The number of para-hydroxylation sites is 3. The van der Waals surface area contributed by atoms with Crippen LogP contribution in [0.2, 0.25) is 0 Å². The molecule has 7 nitrogen and oxygen atoms in total. The van der Waals surface area contributed by atoms with Crippen LogP contribution in [0.25, 0.3) is 39.1 Å². The number of phenolic OH excluding ortho intramolecular Hbond substituents is 2. The molecule has 0 unspecified atom stereocenters. The molecule has 0 saturated carbocycles. The first kappa shape index (κ1) is 33.3. The lowest BCUT2D eigenvalue weighted by Crippen LogP contribution is -1.96. The van der Waals surface area contributed by atoms with Crippen LogP contribution in [-0.4, -0.2) is 36.1 Å². The van der Waals surface area contributed by atoms with E-state index in [-0.39, 0.29) is 11.5 Å². The highest BCUT2D eigenvalue weighted by Gasteiger charge is 2.17. The van der Waals surface area contributed by atoms with Crippen LogP contribution in [0.4, 0.5) is 0 Å². The highest BCUT2D eigenvalue weighted by atomic mass is 16.5. The Morgan fingerprint density at radius 3 is 1.42 bits per heavy atom. The van der Waals surface area contributed by atoms with Gasteiger partial charge in [0.1, 0.15) is 40.2 Å². The van der Waals surface area contributed by atoms with Crippen molar-refractivity contribution in [2.45, 2.75) is 0 Å². The Balaban J connectivity index is 0.000000240. The number of benzene rings is 6. The number of ether oxygens (including phenoxy) is 4. The number of nitrogens with zero attached hydrogens (tertiary/aromatic N) is 1. The van der Waals surface area contributed by atoms with Gasteiger partial charge in [0.2, 0.25) is 0 Å². The van der Waals surface area contributed by atoms with E-state index in [1.54, 1.807) is 39.5 Å². The zero-order chi connectivity index (χ0) is 34.9. The summed E-state index contributed by atoms with van der Waals surface area (Å²) in [5.74, 6) is 3.91. The molecule has 0 atom stereocenters. The van der Waals surface area contributed by atoms with E-state index in [0.29, 0.717) is 22.9 Å². The maximum Gasteiger partial charge on any atom is 0.143 e. The molecule has 2 N–H and O–H groups in total. The fourth-order valence-electron chi connectivity index (χ4n) is 5.66. The SMILES string of the molecule is COc1ccccc1-c1ccc(O)cc1.COc1ccccc1-c1ccc(Oc2cc(O)c(-n3cccc3)cc2-c2ccccc2OC)cc1. The molecule has 7 heteroatoms. The second kappa shape index (κ2) is 15.5. The summed E-state index contributed by atoms with van der Waals surface area (Å²) in [4.78, 5) is 0. The lowest BCUT2D eigenvalue weighted by Gasteiger charge is -2.17. The molecule has 1 heterocycles. The first-order valence-electron chi connectivity index (χ1n) is 16.0. The van der Waals surface area contributed by atoms with E-state index >= 15 is 0 Å². The Bertz CT molecular complexity index is 2160. The van der Waals surface area contributed by atoms with Gasteiger partial charge in [-0.3, -0.25) is 0 Å². The summed E-state index contributed by atoms with van der Waals surface area (Å²) in [7, 11) is 4.96. The van der Waals surface area contributed by atoms with Gasteiger partial charge in [-0.15, -0.1) is 0 Å². The average Bonchev–Trinajstić information content (AvgIpc) is 3.71. The molecule has 0 aliphatic heterocycles. The quantitative estimate of drug-likeness (QED) is 0.160. The highest BCUT2D eigenvalue weighted by Crippen LogP contribution is 2.43. The molecule has 0 aliphatic carbocycles. The topological polar surface area (TPSA) is 82.3 Å². The molecule has 0 amide bonds. The van der Waals surface area contributed by atoms with Crippen LogP contribution >= 0.6 is 0 Å². The van der Waals surface area contributed by atoms with Crippen molar-refractivity contribution in [3.63, 3.8) is 0 Å². The molecule has 0 fully saturated rings. The Morgan fingerprint density at radius 1 is 0.440 bits per heavy atom. The average molecular weight is 664 g/mol. The second-order valence-electron chi connectivity index (χ2n) is 11.2. The fraction of sp³-hybridized carbons (Fsp3) is 0.0698. The number of methoxy groups -OCH3 is 3. The molecule has 0 radical (unpaired) electrons. The molecular formula is C43H37NO6. The lowest BCUT2D eigenvalue weighted by molar-refractivity contribution is 0.415. The molecule has 250 valence electrons. The van der Waals surface area contributed by atoms with Gasteiger partial charge in [0.15, 0.2) is 0 Å². The smallest absolute Gasteiger partial charge is 0.143 e. The van der Waals surface area contributed by atoms with Gasteiger partial charge in [0, 0.05) is 40.7 Å². The minimum absolute atomic E-state index is 0.112. The van der Waals surface area contributed by atoms with E-state index in [4.69, 9.17) is 18.9 Å². The van der Waals surface area contributed by atoms with Gasteiger partial charge in [-0.2, -0.15) is 0 Å². The molecule has 1 aromatic heterocycles. The minimum Gasteiger partial charge on any atom is -0.508 e. The number of aromatic hydroxyl groups is 2. The third-order valence-electron chi connectivity index (χ3n) is 8.14. The van der Waals surface area contributed by atoms with Gasteiger partial charge >= 0.3 is 0 Å². The fourth-order valence-corrected chi connectivity index (χ4v) is 5.66. The molecule has 0 aliphatic rings. The van der Waals surface area contributed by atoms with Gasteiger partial charge in [-0.25, -0.2) is 0 Å². The van der Waals surface area contributed by atoms with E-state index in [1.165, 1.54) is 0 Å². The Morgan fingerprint density at radius 2 is 0.900 bits per heavy atom. The van der Waals surface area contributed by atoms with Crippen molar-refractivity contribution in [3.8, 4) is 79.3 Å². The molecule has 0 spiro atoms. The summed E-state index contributed by atoms with van der Waals surface area (Å²) in [5.41, 5.74) is 6.40. The Kier molecular flexibility index (Phi) is 10.3. The maximum atomic E-state index is 10.8. The molecular weight excluding hydrogens is 626 g/mol. The molecule has 7 aromatic rings. The lowest BCUT2D eigenvalue weighted by atomic mass is 10.0. The van der Waals surface area contributed by atoms with Crippen LogP contribution in [0.3, 0.4) is 0 Å². The van der Waals surface area contributed by atoms with Crippen LogP contribution < -0.4 is 18.9 Å². The van der Waals surface area contributed by atoms with Crippen molar-refractivity contribution in [1.29, 1.82) is 0 Å². The van der Waals surface area contributed by atoms with Crippen LogP contribution in [0.1, 0.15) is 0 Å². The molecule has 6 aromatic carbocycles. The number of hydrogen-bond acceptors (Lipinski definition) is 6. The van der Waals surface area contributed by atoms with Crippen molar-refractivity contribution in [2.75, 3.05) is 21.3 Å². The predicted octanol–water partition coefficient (Wildman–Crippen LogP) is 10.4. The molecule has 50 heavy (non-hydrogen) atoms.